The van der Waals surface area contributed by atoms with E-state index in [0.29, 0.717) is 5.92 Å². The molecule has 0 bridgehead atoms. The van der Waals surface area contributed by atoms with Gasteiger partial charge in [-0.15, -0.1) is 0 Å². The average molecular weight is 627 g/mol. The van der Waals surface area contributed by atoms with E-state index in [0.717, 1.165) is 109 Å². The molecule has 1 aliphatic carbocycles. The first-order chi connectivity index (χ1) is 21.8. The molecule has 0 aliphatic heterocycles. The second-order valence-corrected chi connectivity index (χ2v) is 13.6. The molecule has 6 heteroatoms. The smallest absolute Gasteiger partial charge is 0.127 e. The maximum absolute atomic E-state index is 6.75. The van der Waals surface area contributed by atoms with Gasteiger partial charge >= 0.3 is 0 Å². The molecule has 2 rings (SSSR count). The van der Waals surface area contributed by atoms with Crippen LogP contribution in [-0.4, -0.2) is 90.5 Å². The van der Waals surface area contributed by atoms with Crippen molar-refractivity contribution < 1.29 is 9.47 Å². The van der Waals surface area contributed by atoms with Crippen LogP contribution in [0, 0.1) is 5.92 Å². The van der Waals surface area contributed by atoms with Gasteiger partial charge in [-0.3, -0.25) is 0 Å². The summed E-state index contributed by atoms with van der Waals surface area (Å²) in [5, 5.41) is 6.50. The van der Waals surface area contributed by atoms with Crippen LogP contribution in [-0.2, 0) is 6.42 Å². The summed E-state index contributed by atoms with van der Waals surface area (Å²) in [5.41, 5.74) is 5.31. The first kappa shape index (κ1) is 39.3. The van der Waals surface area contributed by atoms with Gasteiger partial charge in [-0.1, -0.05) is 43.6 Å². The minimum absolute atomic E-state index is 0.238. The molecule has 0 heterocycles. The lowest BCUT2D eigenvalue weighted by Crippen LogP contribution is -2.24. The van der Waals surface area contributed by atoms with Gasteiger partial charge in [0.05, 0.1) is 13.2 Å². The Morgan fingerprint density at radius 3 is 1.84 bits per heavy atom. The Morgan fingerprint density at radius 1 is 0.822 bits per heavy atom. The quantitative estimate of drug-likeness (QED) is 0.0807. The van der Waals surface area contributed by atoms with Gasteiger partial charge in [0, 0.05) is 11.5 Å². The summed E-state index contributed by atoms with van der Waals surface area (Å²) in [6, 6.07) is 4.68. The summed E-state index contributed by atoms with van der Waals surface area (Å²) in [6.45, 7) is 19.3. The van der Waals surface area contributed by atoms with Crippen LogP contribution >= 0.6 is 0 Å². The number of unbranched alkanes of at least 4 members (excludes halogenated alkanes) is 4. The van der Waals surface area contributed by atoms with E-state index in [2.05, 4.69) is 80.1 Å². The van der Waals surface area contributed by atoms with Crippen molar-refractivity contribution in [2.45, 2.75) is 104 Å². The van der Waals surface area contributed by atoms with Gasteiger partial charge in [0.2, 0.25) is 0 Å². The Hall–Kier alpha value is -1.86. The topological polar surface area (TPSA) is 49.0 Å². The first-order valence-electron chi connectivity index (χ1n) is 18.2. The van der Waals surface area contributed by atoms with Crippen LogP contribution in [0.5, 0.6) is 11.5 Å². The third kappa shape index (κ3) is 15.5. The number of benzene rings is 1. The van der Waals surface area contributed by atoms with Gasteiger partial charge in [0.15, 0.2) is 0 Å². The van der Waals surface area contributed by atoms with E-state index in [1.54, 1.807) is 0 Å². The predicted molar refractivity (Wildman–Crippen MR) is 195 cm³/mol. The summed E-state index contributed by atoms with van der Waals surface area (Å²) >= 11 is 0. The Morgan fingerprint density at radius 2 is 1.36 bits per heavy atom. The second-order valence-electron chi connectivity index (χ2n) is 13.6. The molecule has 0 spiro atoms. The number of allylic oxidation sites excluding steroid dienone is 3. The van der Waals surface area contributed by atoms with Crippen LogP contribution < -0.4 is 20.1 Å². The number of nitrogens with one attached hydrogen (secondary N) is 2. The van der Waals surface area contributed by atoms with Crippen LogP contribution in [0.3, 0.4) is 0 Å². The zero-order chi connectivity index (χ0) is 32.9. The molecule has 1 aromatic carbocycles. The van der Waals surface area contributed by atoms with Crippen LogP contribution in [0.15, 0.2) is 35.9 Å². The Bertz CT molecular complexity index is 931. The van der Waals surface area contributed by atoms with E-state index >= 15 is 0 Å². The SMILES string of the molecule is C=C(C)[C@@H]1CCC(C)=C[C@H]1c1c(OCCCCN(C)CCCNC)cc(CCCCC)cc1OCCCCN(C)CCCNC. The fraction of sp³-hybridized carbons (Fsp3) is 0.744. The highest BCUT2D eigenvalue weighted by Gasteiger charge is 2.31. The Kier molecular flexibility index (Phi) is 20.5. The number of rotatable bonds is 26. The van der Waals surface area contributed by atoms with Crippen molar-refractivity contribution in [2.24, 2.45) is 5.92 Å². The summed E-state index contributed by atoms with van der Waals surface area (Å²) < 4.78 is 13.5. The first-order valence-corrected chi connectivity index (χ1v) is 18.2. The van der Waals surface area contributed by atoms with E-state index < -0.39 is 0 Å². The molecular weight excluding hydrogens is 556 g/mol. The lowest BCUT2D eigenvalue weighted by Gasteiger charge is -2.33. The van der Waals surface area contributed by atoms with Gasteiger partial charge in [-0.05, 0) is 169 Å². The molecule has 2 atom stereocenters. The third-order valence-electron chi connectivity index (χ3n) is 9.26. The molecule has 45 heavy (non-hydrogen) atoms. The van der Waals surface area contributed by atoms with E-state index in [4.69, 9.17) is 9.47 Å². The number of nitrogens with zero attached hydrogens (tertiary/aromatic N) is 2. The van der Waals surface area contributed by atoms with Crippen LogP contribution in [0.2, 0.25) is 0 Å². The molecule has 1 aliphatic rings. The molecule has 0 radical (unpaired) electrons. The van der Waals surface area contributed by atoms with E-state index in [-0.39, 0.29) is 5.92 Å². The monoisotopic (exact) mass is 627 g/mol. The van der Waals surface area contributed by atoms with Gasteiger partial charge in [0.1, 0.15) is 11.5 Å². The molecule has 258 valence electrons. The Balaban J connectivity index is 2.24. The molecule has 0 unspecified atom stereocenters. The van der Waals surface area contributed by atoms with Crippen molar-refractivity contribution in [3.63, 3.8) is 0 Å². The highest BCUT2D eigenvalue weighted by molar-refractivity contribution is 5.53. The Labute approximate surface area is 278 Å². The van der Waals surface area contributed by atoms with Crippen LogP contribution in [0.4, 0.5) is 0 Å². The lowest BCUT2D eigenvalue weighted by atomic mass is 9.73. The second kappa shape index (κ2) is 23.5. The number of hydrogen-bond acceptors (Lipinski definition) is 6. The maximum Gasteiger partial charge on any atom is 0.127 e. The summed E-state index contributed by atoms with van der Waals surface area (Å²) in [4.78, 5) is 4.88. The van der Waals surface area contributed by atoms with E-state index in [1.807, 2.05) is 14.1 Å². The van der Waals surface area contributed by atoms with Gasteiger partial charge < -0.3 is 29.9 Å². The van der Waals surface area contributed by atoms with E-state index in [9.17, 15) is 0 Å². The van der Waals surface area contributed by atoms with E-state index in [1.165, 1.54) is 54.4 Å². The normalized spacial score (nSPS) is 16.8. The third-order valence-corrected chi connectivity index (χ3v) is 9.26. The van der Waals surface area contributed by atoms with Gasteiger partial charge in [-0.25, -0.2) is 0 Å². The van der Waals surface area contributed by atoms with Crippen LogP contribution in [0.1, 0.15) is 108 Å². The molecule has 6 nitrogen and oxygen atoms in total. The number of hydrogen-bond donors (Lipinski definition) is 2. The molecule has 1 aromatic rings. The maximum atomic E-state index is 6.75. The lowest BCUT2D eigenvalue weighted by molar-refractivity contribution is 0.261. The number of ether oxygens (including phenoxy) is 2. The molecule has 0 saturated heterocycles. The molecule has 0 saturated carbocycles. The molecule has 0 fully saturated rings. The standard InChI is InChI=1S/C39H70N4O2/c1-9-10-11-18-34-30-37(44-27-14-12-23-42(7)25-16-21-40-5)39(36-29-33(4)19-20-35(36)32(2)3)38(31-34)45-28-15-13-24-43(8)26-17-22-41-6/h29-31,35-36,40-41H,2,9-28H2,1,3-8H3/t35-,36+/m0/s1. The summed E-state index contributed by atoms with van der Waals surface area (Å²) in [6.07, 6.45) is 16.3. The zero-order valence-electron chi connectivity index (χ0n) is 30.4. The highest BCUT2D eigenvalue weighted by Crippen LogP contribution is 2.47. The predicted octanol–water partition coefficient (Wildman–Crippen LogP) is 7.84. The van der Waals surface area contributed by atoms with Gasteiger partial charge in [-0.2, -0.15) is 0 Å². The fourth-order valence-corrected chi connectivity index (χ4v) is 6.46. The van der Waals surface area contributed by atoms with Crippen molar-refractivity contribution in [1.29, 1.82) is 0 Å². The van der Waals surface area contributed by atoms with Crippen molar-refractivity contribution in [1.82, 2.24) is 20.4 Å². The zero-order valence-corrected chi connectivity index (χ0v) is 30.4. The van der Waals surface area contributed by atoms with Crippen molar-refractivity contribution in [2.75, 3.05) is 80.7 Å². The molecule has 0 aromatic heterocycles. The number of aryl methyl sites for hydroxylation is 1. The molecule has 0 amide bonds. The fourth-order valence-electron chi connectivity index (χ4n) is 6.46. The van der Waals surface area contributed by atoms with Crippen molar-refractivity contribution >= 4 is 0 Å². The average Bonchev–Trinajstić information content (AvgIpc) is 3.01. The minimum Gasteiger partial charge on any atom is -0.493 e. The molecular formula is C39H70N4O2. The largest absolute Gasteiger partial charge is 0.493 e. The van der Waals surface area contributed by atoms with Crippen molar-refractivity contribution in [3.8, 4) is 11.5 Å². The molecule has 2 N–H and O–H groups in total. The highest BCUT2D eigenvalue weighted by atomic mass is 16.5. The van der Waals surface area contributed by atoms with Crippen LogP contribution in [0.25, 0.3) is 0 Å². The summed E-state index contributed by atoms with van der Waals surface area (Å²) in [7, 11) is 8.51. The minimum atomic E-state index is 0.238. The van der Waals surface area contributed by atoms with Gasteiger partial charge in [0.25, 0.3) is 0 Å². The summed E-state index contributed by atoms with van der Waals surface area (Å²) in [5.74, 6) is 2.71. The van der Waals surface area contributed by atoms with Crippen molar-refractivity contribution in [3.05, 3.63) is 47.1 Å².